The highest BCUT2D eigenvalue weighted by Gasteiger charge is 2.22. The summed E-state index contributed by atoms with van der Waals surface area (Å²) in [5.74, 6) is 1.40. The van der Waals surface area contributed by atoms with Crippen molar-refractivity contribution in [3.8, 4) is 28.7 Å². The summed E-state index contributed by atoms with van der Waals surface area (Å²) in [5.41, 5.74) is 1.86. The molecule has 168 valence electrons. The van der Waals surface area contributed by atoms with Crippen molar-refractivity contribution in [2.75, 3.05) is 19.7 Å². The number of Topliss-reactive ketones (excluding diaryl/α,β-unsaturated/α-hetero) is 1. The van der Waals surface area contributed by atoms with Gasteiger partial charge in [0.2, 0.25) is 12.7 Å². The van der Waals surface area contributed by atoms with E-state index in [4.69, 9.17) is 18.6 Å². The molecule has 1 aliphatic rings. The summed E-state index contributed by atoms with van der Waals surface area (Å²) in [4.78, 5) is 16.7. The van der Waals surface area contributed by atoms with Crippen molar-refractivity contribution in [3.63, 3.8) is 0 Å². The van der Waals surface area contributed by atoms with E-state index in [9.17, 15) is 13.2 Å². The Kier molecular flexibility index (Phi) is 6.18. The summed E-state index contributed by atoms with van der Waals surface area (Å²) >= 11 is 0. The Labute approximate surface area is 186 Å². The van der Waals surface area contributed by atoms with Gasteiger partial charge in [0.1, 0.15) is 23.0 Å². The zero-order valence-corrected chi connectivity index (χ0v) is 18.6. The Hall–Kier alpha value is -3.33. The second-order valence-electron chi connectivity index (χ2n) is 7.51. The van der Waals surface area contributed by atoms with Gasteiger partial charge in [-0.1, -0.05) is 12.1 Å². The highest BCUT2D eigenvalue weighted by molar-refractivity contribution is 7.91. The Balaban J connectivity index is 1.37. The minimum absolute atomic E-state index is 0.117. The smallest absolute Gasteiger partial charge is 0.231 e. The van der Waals surface area contributed by atoms with Gasteiger partial charge >= 0.3 is 0 Å². The van der Waals surface area contributed by atoms with E-state index in [0.29, 0.717) is 46.6 Å². The van der Waals surface area contributed by atoms with E-state index in [1.54, 1.807) is 44.4 Å². The van der Waals surface area contributed by atoms with Gasteiger partial charge in [0, 0.05) is 12.0 Å². The van der Waals surface area contributed by atoms with Crippen molar-refractivity contribution in [3.05, 3.63) is 59.5 Å². The molecule has 1 aliphatic heterocycles. The van der Waals surface area contributed by atoms with Crippen LogP contribution in [-0.2, 0) is 26.8 Å². The van der Waals surface area contributed by atoms with Gasteiger partial charge in [0.25, 0.3) is 0 Å². The zero-order chi connectivity index (χ0) is 22.7. The van der Waals surface area contributed by atoms with E-state index in [0.717, 1.165) is 5.56 Å². The van der Waals surface area contributed by atoms with E-state index in [1.807, 2.05) is 12.1 Å². The standard InChI is InChI=1S/C23H23NO7S/c1-15-20(24-23(31-15)17-4-3-5-19(11-17)28-2)13-32(26,27)12-18(25)8-6-16-7-9-21-22(10-16)30-14-29-21/h3-5,7,9-11H,6,8,12-14H2,1-2H3. The van der Waals surface area contributed by atoms with Gasteiger partial charge in [-0.3, -0.25) is 4.79 Å². The van der Waals surface area contributed by atoms with Gasteiger partial charge in [-0.25, -0.2) is 13.4 Å². The molecular weight excluding hydrogens is 434 g/mol. The lowest BCUT2D eigenvalue weighted by atomic mass is 10.1. The first-order chi connectivity index (χ1) is 15.3. The molecule has 0 amide bonds. The predicted octanol–water partition coefficient (Wildman–Crippen LogP) is 3.50. The molecule has 32 heavy (non-hydrogen) atoms. The van der Waals surface area contributed by atoms with Crippen LogP contribution < -0.4 is 14.2 Å². The fourth-order valence-electron chi connectivity index (χ4n) is 3.40. The molecule has 2 aromatic carbocycles. The lowest BCUT2D eigenvalue weighted by Crippen LogP contribution is -2.18. The number of ether oxygens (including phenoxy) is 3. The van der Waals surface area contributed by atoms with E-state index in [2.05, 4.69) is 4.98 Å². The lowest BCUT2D eigenvalue weighted by Gasteiger charge is -2.04. The Morgan fingerprint density at radius 3 is 2.75 bits per heavy atom. The normalized spacial score (nSPS) is 12.7. The van der Waals surface area contributed by atoms with Crippen LogP contribution in [0.1, 0.15) is 23.4 Å². The maximum atomic E-state index is 12.6. The van der Waals surface area contributed by atoms with Crippen molar-refractivity contribution < 1.29 is 31.8 Å². The fourth-order valence-corrected chi connectivity index (χ4v) is 4.82. The molecule has 0 fully saturated rings. The van der Waals surface area contributed by atoms with Gasteiger partial charge in [-0.05, 0) is 49.2 Å². The SMILES string of the molecule is COc1cccc(-c2nc(CS(=O)(=O)CC(=O)CCc3ccc4c(c3)OCO4)c(C)o2)c1. The lowest BCUT2D eigenvalue weighted by molar-refractivity contribution is -0.116. The van der Waals surface area contributed by atoms with Crippen LogP contribution in [0.15, 0.2) is 46.9 Å². The fraction of sp³-hybridized carbons (Fsp3) is 0.304. The third-order valence-electron chi connectivity index (χ3n) is 5.08. The van der Waals surface area contributed by atoms with Crippen molar-refractivity contribution in [1.82, 2.24) is 4.98 Å². The van der Waals surface area contributed by atoms with E-state index in [-0.39, 0.29) is 24.7 Å². The Morgan fingerprint density at radius 2 is 1.94 bits per heavy atom. The molecule has 3 aromatic rings. The first-order valence-corrected chi connectivity index (χ1v) is 11.9. The number of carbonyl (C=O) groups is 1. The molecule has 2 heterocycles. The molecule has 0 bridgehead atoms. The third kappa shape index (κ3) is 5.11. The third-order valence-corrected chi connectivity index (χ3v) is 6.55. The first-order valence-electron chi connectivity index (χ1n) is 10.0. The van der Waals surface area contributed by atoms with Gasteiger partial charge in [-0.15, -0.1) is 0 Å². The van der Waals surface area contributed by atoms with E-state index >= 15 is 0 Å². The second-order valence-corrected chi connectivity index (χ2v) is 9.58. The molecule has 0 spiro atoms. The molecule has 0 aliphatic carbocycles. The van der Waals surface area contributed by atoms with Crippen molar-refractivity contribution in [1.29, 1.82) is 0 Å². The summed E-state index contributed by atoms with van der Waals surface area (Å²) in [7, 11) is -2.14. The number of hydrogen-bond donors (Lipinski definition) is 0. The van der Waals surface area contributed by atoms with Gasteiger partial charge < -0.3 is 18.6 Å². The number of nitrogens with zero attached hydrogens (tertiary/aromatic N) is 1. The number of methoxy groups -OCH3 is 1. The predicted molar refractivity (Wildman–Crippen MR) is 117 cm³/mol. The van der Waals surface area contributed by atoms with Crippen LogP contribution in [0, 0.1) is 6.92 Å². The number of oxazole rings is 1. The van der Waals surface area contributed by atoms with E-state index < -0.39 is 15.6 Å². The van der Waals surface area contributed by atoms with Crippen LogP contribution in [0.5, 0.6) is 17.2 Å². The van der Waals surface area contributed by atoms with Crippen molar-refractivity contribution >= 4 is 15.6 Å². The largest absolute Gasteiger partial charge is 0.497 e. The molecule has 8 nitrogen and oxygen atoms in total. The molecule has 9 heteroatoms. The maximum Gasteiger partial charge on any atom is 0.231 e. The number of rotatable bonds is 9. The molecule has 0 N–H and O–H groups in total. The van der Waals surface area contributed by atoms with Crippen LogP contribution in [0.2, 0.25) is 0 Å². The Morgan fingerprint density at radius 1 is 1.12 bits per heavy atom. The summed E-state index contributed by atoms with van der Waals surface area (Å²) in [6, 6.07) is 12.6. The van der Waals surface area contributed by atoms with Gasteiger partial charge in [0.05, 0.1) is 18.6 Å². The molecular formula is C23H23NO7S. The first kappa shape index (κ1) is 21.9. The Bertz CT molecular complexity index is 1250. The highest BCUT2D eigenvalue weighted by atomic mass is 32.2. The van der Waals surface area contributed by atoms with Crippen LogP contribution in [0.3, 0.4) is 0 Å². The monoisotopic (exact) mass is 457 g/mol. The molecule has 0 radical (unpaired) electrons. The molecule has 0 unspecified atom stereocenters. The number of sulfone groups is 1. The minimum Gasteiger partial charge on any atom is -0.497 e. The average molecular weight is 458 g/mol. The number of benzene rings is 2. The van der Waals surface area contributed by atoms with Crippen LogP contribution in [0.4, 0.5) is 0 Å². The topological polar surface area (TPSA) is 105 Å². The molecule has 0 saturated carbocycles. The van der Waals surface area contributed by atoms with Gasteiger partial charge in [0.15, 0.2) is 21.3 Å². The number of aryl methyl sites for hydroxylation is 2. The molecule has 0 atom stereocenters. The number of carbonyl (C=O) groups excluding carboxylic acids is 1. The number of hydrogen-bond acceptors (Lipinski definition) is 8. The van der Waals surface area contributed by atoms with E-state index in [1.165, 1.54) is 0 Å². The van der Waals surface area contributed by atoms with Crippen LogP contribution in [-0.4, -0.2) is 38.8 Å². The van der Waals surface area contributed by atoms with Crippen molar-refractivity contribution in [2.45, 2.75) is 25.5 Å². The highest BCUT2D eigenvalue weighted by Crippen LogP contribution is 2.33. The van der Waals surface area contributed by atoms with Crippen LogP contribution >= 0.6 is 0 Å². The summed E-state index contributed by atoms with van der Waals surface area (Å²) in [6.45, 7) is 1.83. The number of ketones is 1. The number of fused-ring (bicyclic) bond motifs is 1. The molecule has 1 aromatic heterocycles. The molecule has 0 saturated heterocycles. The minimum atomic E-state index is -3.69. The second kappa shape index (κ2) is 9.04. The van der Waals surface area contributed by atoms with Gasteiger partial charge in [-0.2, -0.15) is 0 Å². The summed E-state index contributed by atoms with van der Waals surface area (Å²) < 4.78 is 46.7. The summed E-state index contributed by atoms with van der Waals surface area (Å²) in [6.07, 6.45) is 0.541. The zero-order valence-electron chi connectivity index (χ0n) is 17.8. The van der Waals surface area contributed by atoms with Crippen LogP contribution in [0.25, 0.3) is 11.5 Å². The summed E-state index contributed by atoms with van der Waals surface area (Å²) in [5, 5.41) is 0. The average Bonchev–Trinajstić information content (AvgIpc) is 3.38. The molecule has 4 rings (SSSR count). The van der Waals surface area contributed by atoms with Crippen molar-refractivity contribution in [2.24, 2.45) is 0 Å². The number of aromatic nitrogens is 1. The quantitative estimate of drug-likeness (QED) is 0.481. The maximum absolute atomic E-state index is 12.6.